The molecule has 0 aromatic heterocycles. The highest BCUT2D eigenvalue weighted by molar-refractivity contribution is 5.84. The van der Waals surface area contributed by atoms with Gasteiger partial charge in [0.15, 0.2) is 0 Å². The van der Waals surface area contributed by atoms with Crippen molar-refractivity contribution in [2.45, 2.75) is 64.0 Å². The van der Waals surface area contributed by atoms with Crippen LogP contribution in [0.3, 0.4) is 0 Å². The summed E-state index contributed by atoms with van der Waals surface area (Å²) < 4.78 is 0. The van der Waals surface area contributed by atoms with Crippen LogP contribution in [0.1, 0.15) is 52.4 Å². The van der Waals surface area contributed by atoms with Gasteiger partial charge in [-0.1, -0.05) is 19.8 Å². The standard InChI is InChI=1S/C14H29N3O/c1-4-16-14(2,13(15)18)10-7-11-17(3)12-8-5-6-9-12/h12,16H,4-11H2,1-3H3,(H2,15,18). The smallest absolute Gasteiger partial charge is 0.237 e. The van der Waals surface area contributed by atoms with Crippen LogP contribution in [0.2, 0.25) is 0 Å². The van der Waals surface area contributed by atoms with Gasteiger partial charge in [0, 0.05) is 6.04 Å². The molecule has 0 spiro atoms. The third-order valence-electron chi connectivity index (χ3n) is 4.25. The van der Waals surface area contributed by atoms with E-state index in [-0.39, 0.29) is 5.91 Å². The summed E-state index contributed by atoms with van der Waals surface area (Å²) in [5.41, 5.74) is 4.93. The number of hydrogen-bond acceptors (Lipinski definition) is 3. The minimum absolute atomic E-state index is 0.243. The molecule has 1 rings (SSSR count). The molecule has 1 atom stereocenters. The molecule has 1 amide bonds. The molecule has 0 saturated heterocycles. The van der Waals surface area contributed by atoms with E-state index >= 15 is 0 Å². The number of rotatable bonds is 8. The van der Waals surface area contributed by atoms with E-state index in [1.165, 1.54) is 25.7 Å². The Labute approximate surface area is 111 Å². The number of carbonyl (C=O) groups excluding carboxylic acids is 1. The summed E-state index contributed by atoms with van der Waals surface area (Å²) in [7, 11) is 2.20. The van der Waals surface area contributed by atoms with Crippen LogP contribution in [0.15, 0.2) is 0 Å². The van der Waals surface area contributed by atoms with Crippen LogP contribution in [0, 0.1) is 0 Å². The lowest BCUT2D eigenvalue weighted by atomic mass is 9.94. The molecular weight excluding hydrogens is 226 g/mol. The molecule has 0 radical (unpaired) electrons. The highest BCUT2D eigenvalue weighted by Gasteiger charge is 2.29. The Morgan fingerprint density at radius 1 is 1.44 bits per heavy atom. The van der Waals surface area contributed by atoms with Gasteiger partial charge >= 0.3 is 0 Å². The third-order valence-corrected chi connectivity index (χ3v) is 4.25. The maximum Gasteiger partial charge on any atom is 0.237 e. The molecule has 1 saturated carbocycles. The van der Waals surface area contributed by atoms with Gasteiger partial charge in [-0.3, -0.25) is 4.79 Å². The van der Waals surface area contributed by atoms with Crippen LogP contribution in [-0.4, -0.2) is 42.5 Å². The van der Waals surface area contributed by atoms with E-state index < -0.39 is 5.54 Å². The molecule has 4 heteroatoms. The number of primary amides is 1. The molecule has 1 aliphatic carbocycles. The first-order chi connectivity index (χ1) is 8.49. The number of amides is 1. The summed E-state index contributed by atoms with van der Waals surface area (Å²) in [5.74, 6) is -0.243. The second kappa shape index (κ2) is 7.10. The molecule has 1 fully saturated rings. The Kier molecular flexibility index (Phi) is 6.09. The number of carbonyl (C=O) groups is 1. The van der Waals surface area contributed by atoms with E-state index in [0.29, 0.717) is 0 Å². The Bertz CT molecular complexity index is 264. The fourth-order valence-electron chi connectivity index (χ4n) is 2.90. The van der Waals surface area contributed by atoms with Gasteiger partial charge in [0.2, 0.25) is 5.91 Å². The maximum absolute atomic E-state index is 11.5. The lowest BCUT2D eigenvalue weighted by molar-refractivity contribution is -0.124. The van der Waals surface area contributed by atoms with Crippen molar-refractivity contribution < 1.29 is 4.79 Å². The first-order valence-corrected chi connectivity index (χ1v) is 7.25. The van der Waals surface area contributed by atoms with Crippen LogP contribution in [-0.2, 0) is 4.79 Å². The molecule has 0 aromatic carbocycles. The zero-order valence-electron chi connectivity index (χ0n) is 12.2. The second-order valence-corrected chi connectivity index (χ2v) is 5.75. The van der Waals surface area contributed by atoms with Gasteiger partial charge in [-0.25, -0.2) is 0 Å². The summed E-state index contributed by atoms with van der Waals surface area (Å²) in [6.45, 7) is 5.75. The second-order valence-electron chi connectivity index (χ2n) is 5.75. The van der Waals surface area contributed by atoms with Gasteiger partial charge in [0.25, 0.3) is 0 Å². The van der Waals surface area contributed by atoms with Crippen LogP contribution < -0.4 is 11.1 Å². The van der Waals surface area contributed by atoms with Crippen molar-refractivity contribution in [3.8, 4) is 0 Å². The molecule has 0 aromatic rings. The molecule has 1 unspecified atom stereocenters. The third kappa shape index (κ3) is 4.25. The van der Waals surface area contributed by atoms with Gasteiger partial charge in [-0.05, 0) is 52.7 Å². The monoisotopic (exact) mass is 255 g/mol. The lowest BCUT2D eigenvalue weighted by Crippen LogP contribution is -2.53. The highest BCUT2D eigenvalue weighted by atomic mass is 16.1. The van der Waals surface area contributed by atoms with Crippen LogP contribution in [0.25, 0.3) is 0 Å². The summed E-state index contributed by atoms with van der Waals surface area (Å²) in [5, 5.41) is 3.21. The molecule has 0 bridgehead atoms. The minimum Gasteiger partial charge on any atom is -0.368 e. The van der Waals surface area contributed by atoms with Gasteiger partial charge in [0.05, 0.1) is 5.54 Å². The van der Waals surface area contributed by atoms with Gasteiger partial charge in [-0.2, -0.15) is 0 Å². The van der Waals surface area contributed by atoms with Crippen molar-refractivity contribution in [1.29, 1.82) is 0 Å². The number of likely N-dealkylation sites (N-methyl/N-ethyl adjacent to an activating group) is 1. The molecule has 0 aliphatic heterocycles. The normalized spacial score (nSPS) is 20.2. The quantitative estimate of drug-likeness (QED) is 0.691. The fraction of sp³-hybridized carbons (Fsp3) is 0.929. The predicted octanol–water partition coefficient (Wildman–Crippen LogP) is 1.49. The van der Waals surface area contributed by atoms with Crippen molar-refractivity contribution in [1.82, 2.24) is 10.2 Å². The Morgan fingerprint density at radius 2 is 2.06 bits per heavy atom. The number of nitrogens with one attached hydrogen (secondary N) is 1. The molecule has 18 heavy (non-hydrogen) atoms. The average Bonchev–Trinajstić information content (AvgIpc) is 2.82. The minimum atomic E-state index is -0.550. The highest BCUT2D eigenvalue weighted by Crippen LogP contribution is 2.23. The van der Waals surface area contributed by atoms with Gasteiger partial charge < -0.3 is 16.0 Å². The fourth-order valence-corrected chi connectivity index (χ4v) is 2.90. The van der Waals surface area contributed by atoms with E-state index in [2.05, 4.69) is 17.3 Å². The van der Waals surface area contributed by atoms with Crippen molar-refractivity contribution in [3.05, 3.63) is 0 Å². The first kappa shape index (κ1) is 15.4. The van der Waals surface area contributed by atoms with E-state index in [1.54, 1.807) is 0 Å². The predicted molar refractivity (Wildman–Crippen MR) is 75.4 cm³/mol. The molecule has 3 N–H and O–H groups in total. The zero-order chi connectivity index (χ0) is 13.6. The SMILES string of the molecule is CCNC(C)(CCCN(C)C1CCCC1)C(N)=O. The molecule has 0 heterocycles. The zero-order valence-corrected chi connectivity index (χ0v) is 12.2. The molecular formula is C14H29N3O. The van der Waals surface area contributed by atoms with Crippen LogP contribution in [0.5, 0.6) is 0 Å². The van der Waals surface area contributed by atoms with E-state index in [4.69, 9.17) is 5.73 Å². The van der Waals surface area contributed by atoms with Crippen molar-refractivity contribution >= 4 is 5.91 Å². The van der Waals surface area contributed by atoms with Crippen molar-refractivity contribution in [2.75, 3.05) is 20.1 Å². The number of nitrogens with two attached hydrogens (primary N) is 1. The number of nitrogens with zero attached hydrogens (tertiary/aromatic N) is 1. The average molecular weight is 255 g/mol. The van der Waals surface area contributed by atoms with Gasteiger partial charge in [-0.15, -0.1) is 0 Å². The van der Waals surface area contributed by atoms with E-state index in [1.807, 2.05) is 13.8 Å². The maximum atomic E-state index is 11.5. The van der Waals surface area contributed by atoms with Gasteiger partial charge in [0.1, 0.15) is 0 Å². The number of hydrogen-bond donors (Lipinski definition) is 2. The van der Waals surface area contributed by atoms with E-state index in [0.717, 1.165) is 32.0 Å². The molecule has 4 nitrogen and oxygen atoms in total. The molecule has 1 aliphatic rings. The van der Waals surface area contributed by atoms with Crippen molar-refractivity contribution in [2.24, 2.45) is 5.73 Å². The Morgan fingerprint density at radius 3 is 2.56 bits per heavy atom. The summed E-state index contributed by atoms with van der Waals surface area (Å²) in [6, 6.07) is 0.754. The Hall–Kier alpha value is -0.610. The molecule has 106 valence electrons. The summed E-state index contributed by atoms with van der Waals surface area (Å²) in [4.78, 5) is 13.9. The first-order valence-electron chi connectivity index (χ1n) is 7.25. The summed E-state index contributed by atoms with van der Waals surface area (Å²) in [6.07, 6.45) is 7.22. The van der Waals surface area contributed by atoms with Crippen LogP contribution in [0.4, 0.5) is 0 Å². The lowest BCUT2D eigenvalue weighted by Gasteiger charge is -2.29. The topological polar surface area (TPSA) is 58.4 Å². The van der Waals surface area contributed by atoms with E-state index in [9.17, 15) is 4.79 Å². The largest absolute Gasteiger partial charge is 0.368 e. The summed E-state index contributed by atoms with van der Waals surface area (Å²) >= 11 is 0. The Balaban J connectivity index is 2.31. The van der Waals surface area contributed by atoms with Crippen LogP contribution >= 0.6 is 0 Å². The van der Waals surface area contributed by atoms with Crippen molar-refractivity contribution in [3.63, 3.8) is 0 Å².